The highest BCUT2D eigenvalue weighted by atomic mass is 79.9. The predicted octanol–water partition coefficient (Wildman–Crippen LogP) is 2.08. The number of nitrogen functional groups attached to an aromatic ring is 1. The molecule has 0 saturated heterocycles. The van der Waals surface area contributed by atoms with Crippen LogP contribution in [0.15, 0.2) is 18.2 Å². The third-order valence-corrected chi connectivity index (χ3v) is 1.86. The van der Waals surface area contributed by atoms with Gasteiger partial charge in [-0.2, -0.15) is 0 Å². The van der Waals surface area contributed by atoms with Crippen LogP contribution < -0.4 is 10.5 Å². The van der Waals surface area contributed by atoms with Gasteiger partial charge in [0.25, 0.3) is 0 Å². The summed E-state index contributed by atoms with van der Waals surface area (Å²) in [6.45, 7) is 0. The van der Waals surface area contributed by atoms with Gasteiger partial charge in [-0.1, -0.05) is 22.0 Å². The van der Waals surface area contributed by atoms with Gasteiger partial charge in [-0.3, -0.25) is 0 Å². The van der Waals surface area contributed by atoms with Crippen molar-refractivity contribution in [1.82, 2.24) is 4.98 Å². The molecule has 0 aliphatic heterocycles. The number of hydrogen-bond acceptors (Lipinski definition) is 3. The minimum atomic E-state index is 0.469. The number of allylic oxidation sites excluding steroid dienone is 1. The average molecular weight is 243 g/mol. The molecule has 3 nitrogen and oxygen atoms in total. The van der Waals surface area contributed by atoms with Gasteiger partial charge < -0.3 is 10.5 Å². The number of nitrogens with zero attached hydrogens (tertiary/aromatic N) is 1. The fourth-order valence-corrected chi connectivity index (χ4v) is 1.07. The Morgan fingerprint density at radius 2 is 2.38 bits per heavy atom. The number of nitrogens with two attached hydrogens (primary N) is 1. The Morgan fingerprint density at radius 1 is 1.62 bits per heavy atom. The van der Waals surface area contributed by atoms with Crippen LogP contribution in [0.5, 0.6) is 5.88 Å². The highest BCUT2D eigenvalue weighted by Crippen LogP contribution is 2.18. The number of aromatic nitrogens is 1. The Labute approximate surface area is 85.7 Å². The van der Waals surface area contributed by atoms with E-state index in [9.17, 15) is 0 Å². The summed E-state index contributed by atoms with van der Waals surface area (Å²) in [5.74, 6) is 0.469. The molecule has 0 fully saturated rings. The maximum absolute atomic E-state index is 5.61. The minimum Gasteiger partial charge on any atom is -0.480 e. The van der Waals surface area contributed by atoms with Crippen molar-refractivity contribution >= 4 is 27.7 Å². The van der Waals surface area contributed by atoms with Gasteiger partial charge in [0, 0.05) is 5.33 Å². The number of alkyl halides is 1. The first-order chi connectivity index (χ1) is 6.27. The number of ether oxygens (including phenoxy) is 1. The lowest BCUT2D eigenvalue weighted by atomic mass is 10.3. The Morgan fingerprint density at radius 3 is 3.00 bits per heavy atom. The molecule has 13 heavy (non-hydrogen) atoms. The van der Waals surface area contributed by atoms with E-state index in [0.717, 1.165) is 11.0 Å². The van der Waals surface area contributed by atoms with Crippen LogP contribution in [0.4, 0.5) is 5.69 Å². The van der Waals surface area contributed by atoms with Gasteiger partial charge in [-0.25, -0.2) is 4.98 Å². The van der Waals surface area contributed by atoms with Crippen LogP contribution in [0.1, 0.15) is 5.69 Å². The average Bonchev–Trinajstić information content (AvgIpc) is 2.16. The maximum atomic E-state index is 5.61. The van der Waals surface area contributed by atoms with Crippen molar-refractivity contribution in [3.8, 4) is 5.88 Å². The largest absolute Gasteiger partial charge is 0.480 e. The topological polar surface area (TPSA) is 48.1 Å². The van der Waals surface area contributed by atoms with Crippen LogP contribution in [-0.4, -0.2) is 17.4 Å². The van der Waals surface area contributed by atoms with E-state index < -0.39 is 0 Å². The normalized spacial score (nSPS) is 10.6. The SMILES string of the molecule is COc1nc(C=CCBr)ccc1N. The fraction of sp³-hybridized carbons (Fsp3) is 0.222. The molecule has 0 amide bonds. The lowest BCUT2D eigenvalue weighted by Crippen LogP contribution is -1.96. The van der Waals surface area contributed by atoms with E-state index >= 15 is 0 Å². The molecule has 0 aromatic carbocycles. The highest BCUT2D eigenvalue weighted by Gasteiger charge is 1.99. The summed E-state index contributed by atoms with van der Waals surface area (Å²) < 4.78 is 4.98. The zero-order chi connectivity index (χ0) is 9.68. The first-order valence-corrected chi connectivity index (χ1v) is 4.93. The lowest BCUT2D eigenvalue weighted by Gasteiger charge is -2.02. The second-order valence-corrected chi connectivity index (χ2v) is 3.04. The number of anilines is 1. The van der Waals surface area contributed by atoms with Crippen molar-refractivity contribution in [3.05, 3.63) is 23.9 Å². The summed E-state index contributed by atoms with van der Waals surface area (Å²) in [6.07, 6.45) is 3.86. The van der Waals surface area contributed by atoms with Crippen molar-refractivity contribution < 1.29 is 4.74 Å². The van der Waals surface area contributed by atoms with Gasteiger partial charge >= 0.3 is 0 Å². The quantitative estimate of drug-likeness (QED) is 0.827. The first kappa shape index (κ1) is 10.1. The summed E-state index contributed by atoms with van der Waals surface area (Å²) in [6, 6.07) is 3.62. The number of pyridine rings is 1. The molecule has 0 saturated carbocycles. The van der Waals surface area contributed by atoms with Crippen LogP contribution in [0, 0.1) is 0 Å². The van der Waals surface area contributed by atoms with Gasteiger partial charge in [0.05, 0.1) is 18.5 Å². The van der Waals surface area contributed by atoms with Crippen molar-refractivity contribution in [2.75, 3.05) is 18.2 Å². The molecular formula is C9H11BrN2O. The summed E-state index contributed by atoms with van der Waals surface area (Å²) in [4.78, 5) is 4.17. The molecule has 0 aliphatic rings. The molecule has 0 aliphatic carbocycles. The number of hydrogen-bond donors (Lipinski definition) is 1. The van der Waals surface area contributed by atoms with Crippen molar-refractivity contribution in [2.24, 2.45) is 0 Å². The molecular weight excluding hydrogens is 232 g/mol. The van der Waals surface area contributed by atoms with Gasteiger partial charge in [-0.15, -0.1) is 0 Å². The van der Waals surface area contributed by atoms with Crippen LogP contribution >= 0.6 is 15.9 Å². The molecule has 1 heterocycles. The summed E-state index contributed by atoms with van der Waals surface area (Å²) in [5.41, 5.74) is 7.00. The van der Waals surface area contributed by atoms with E-state index in [-0.39, 0.29) is 0 Å². The van der Waals surface area contributed by atoms with Crippen molar-refractivity contribution in [3.63, 3.8) is 0 Å². The molecule has 0 bridgehead atoms. The Bertz CT molecular complexity index is 312. The van der Waals surface area contributed by atoms with Crippen molar-refractivity contribution in [1.29, 1.82) is 0 Å². The minimum absolute atomic E-state index is 0.469. The molecule has 0 spiro atoms. The molecule has 4 heteroatoms. The van der Waals surface area contributed by atoms with Crippen LogP contribution in [0.3, 0.4) is 0 Å². The van der Waals surface area contributed by atoms with E-state index in [1.165, 1.54) is 0 Å². The van der Waals surface area contributed by atoms with Gasteiger partial charge in [0.2, 0.25) is 5.88 Å². The molecule has 1 rings (SSSR count). The van der Waals surface area contributed by atoms with Crippen LogP contribution in [-0.2, 0) is 0 Å². The standard InChI is InChI=1S/C9H11BrN2O/c1-13-9-8(11)5-4-7(12-9)3-2-6-10/h2-5H,6,11H2,1H3. The van der Waals surface area contributed by atoms with E-state index in [1.54, 1.807) is 13.2 Å². The zero-order valence-electron chi connectivity index (χ0n) is 7.33. The van der Waals surface area contributed by atoms with E-state index in [1.807, 2.05) is 18.2 Å². The van der Waals surface area contributed by atoms with Gasteiger partial charge in [-0.05, 0) is 18.2 Å². The molecule has 0 atom stereocenters. The molecule has 1 aromatic heterocycles. The number of rotatable bonds is 3. The molecule has 0 radical (unpaired) electrons. The van der Waals surface area contributed by atoms with E-state index in [0.29, 0.717) is 11.6 Å². The summed E-state index contributed by atoms with van der Waals surface area (Å²) >= 11 is 3.29. The number of methoxy groups -OCH3 is 1. The third-order valence-electron chi connectivity index (χ3n) is 1.48. The second-order valence-electron chi connectivity index (χ2n) is 2.39. The lowest BCUT2D eigenvalue weighted by molar-refractivity contribution is 0.400. The van der Waals surface area contributed by atoms with E-state index in [4.69, 9.17) is 10.5 Å². The monoisotopic (exact) mass is 242 g/mol. The number of halogens is 1. The summed E-state index contributed by atoms with van der Waals surface area (Å²) in [7, 11) is 1.55. The van der Waals surface area contributed by atoms with Crippen molar-refractivity contribution in [2.45, 2.75) is 0 Å². The molecule has 1 aromatic rings. The Balaban J connectivity index is 2.92. The Kier molecular flexibility index (Phi) is 3.76. The second kappa shape index (κ2) is 4.87. The van der Waals surface area contributed by atoms with Crippen LogP contribution in [0.2, 0.25) is 0 Å². The molecule has 0 unspecified atom stereocenters. The smallest absolute Gasteiger partial charge is 0.237 e. The van der Waals surface area contributed by atoms with E-state index in [2.05, 4.69) is 20.9 Å². The van der Waals surface area contributed by atoms with Crippen LogP contribution in [0.25, 0.3) is 6.08 Å². The maximum Gasteiger partial charge on any atom is 0.237 e. The summed E-state index contributed by atoms with van der Waals surface area (Å²) in [5, 5.41) is 0.807. The van der Waals surface area contributed by atoms with Gasteiger partial charge in [0.15, 0.2) is 0 Å². The molecule has 70 valence electrons. The Hall–Kier alpha value is -1.03. The fourth-order valence-electron chi connectivity index (χ4n) is 0.887. The highest BCUT2D eigenvalue weighted by molar-refractivity contribution is 9.09. The van der Waals surface area contributed by atoms with Gasteiger partial charge in [0.1, 0.15) is 0 Å². The third kappa shape index (κ3) is 2.73. The predicted molar refractivity (Wildman–Crippen MR) is 58.0 cm³/mol. The molecule has 2 N–H and O–H groups in total. The zero-order valence-corrected chi connectivity index (χ0v) is 8.91. The first-order valence-electron chi connectivity index (χ1n) is 3.81.